The smallest absolute Gasteiger partial charge is 0.0448 e. The van der Waals surface area contributed by atoms with E-state index in [1.807, 2.05) is 7.05 Å². The summed E-state index contributed by atoms with van der Waals surface area (Å²) >= 11 is 0. The highest BCUT2D eigenvalue weighted by Gasteiger charge is 2.38. The van der Waals surface area contributed by atoms with Gasteiger partial charge in [0.2, 0.25) is 0 Å². The third-order valence-electron chi connectivity index (χ3n) is 5.08. The zero-order valence-corrected chi connectivity index (χ0v) is 11.5. The maximum Gasteiger partial charge on any atom is 0.0448 e. The van der Waals surface area contributed by atoms with Crippen molar-refractivity contribution in [3.63, 3.8) is 0 Å². The van der Waals surface area contributed by atoms with E-state index in [4.69, 9.17) is 5.11 Å². The lowest BCUT2D eigenvalue weighted by atomic mass is 9.65. The molecule has 0 aromatic carbocycles. The molecule has 2 nitrogen and oxygen atoms in total. The highest BCUT2D eigenvalue weighted by Crippen LogP contribution is 2.44. The normalized spacial score (nSPS) is 31.7. The van der Waals surface area contributed by atoms with E-state index in [0.29, 0.717) is 12.0 Å². The van der Waals surface area contributed by atoms with Gasteiger partial charge in [-0.3, -0.25) is 0 Å². The molecule has 0 spiro atoms. The van der Waals surface area contributed by atoms with Crippen LogP contribution >= 0.6 is 0 Å². The van der Waals surface area contributed by atoms with Gasteiger partial charge < -0.3 is 10.4 Å². The fourth-order valence-corrected chi connectivity index (χ4v) is 3.08. The second-order valence-electron chi connectivity index (χ2n) is 6.12. The van der Waals surface area contributed by atoms with Crippen LogP contribution in [0.2, 0.25) is 0 Å². The summed E-state index contributed by atoms with van der Waals surface area (Å²) in [6.07, 6.45) is 7.23. The predicted molar refractivity (Wildman–Crippen MR) is 69.5 cm³/mol. The largest absolute Gasteiger partial charge is 0.396 e. The Labute approximate surface area is 101 Å². The first-order valence-electron chi connectivity index (χ1n) is 6.79. The molecule has 0 unspecified atom stereocenters. The van der Waals surface area contributed by atoms with Gasteiger partial charge in [0.25, 0.3) is 0 Å². The third-order valence-corrected chi connectivity index (χ3v) is 5.08. The topological polar surface area (TPSA) is 32.3 Å². The molecule has 16 heavy (non-hydrogen) atoms. The van der Waals surface area contributed by atoms with Crippen LogP contribution < -0.4 is 5.32 Å². The Kier molecular flexibility index (Phi) is 4.81. The maximum absolute atomic E-state index is 9.15. The molecule has 1 fully saturated rings. The summed E-state index contributed by atoms with van der Waals surface area (Å²) in [7, 11) is 2.04. The van der Waals surface area contributed by atoms with Gasteiger partial charge in [-0.05, 0) is 50.5 Å². The minimum absolute atomic E-state index is 0.217. The number of aliphatic hydroxyl groups is 1. The Hall–Kier alpha value is -0.0800. The molecule has 1 aliphatic rings. The standard InChI is InChI=1S/C14H29NO/c1-5-13(2,3)12-6-8-14(15-4,9-7-12)10-11-16/h12,15-16H,5-11H2,1-4H3. The summed E-state index contributed by atoms with van der Waals surface area (Å²) in [6, 6.07) is 0. The van der Waals surface area contributed by atoms with E-state index in [2.05, 4.69) is 26.1 Å². The number of hydrogen-bond acceptors (Lipinski definition) is 2. The van der Waals surface area contributed by atoms with Gasteiger partial charge in [0.1, 0.15) is 0 Å². The van der Waals surface area contributed by atoms with E-state index >= 15 is 0 Å². The molecule has 2 N–H and O–H groups in total. The fraction of sp³-hybridized carbons (Fsp3) is 1.00. The Morgan fingerprint density at radius 2 is 1.88 bits per heavy atom. The second-order valence-corrected chi connectivity index (χ2v) is 6.12. The number of hydrogen-bond donors (Lipinski definition) is 2. The number of aliphatic hydroxyl groups excluding tert-OH is 1. The van der Waals surface area contributed by atoms with Crippen molar-refractivity contribution in [3.8, 4) is 0 Å². The molecule has 0 saturated heterocycles. The molecule has 0 bridgehead atoms. The molecule has 0 radical (unpaired) electrons. The van der Waals surface area contributed by atoms with E-state index < -0.39 is 0 Å². The molecule has 1 aliphatic carbocycles. The van der Waals surface area contributed by atoms with Crippen molar-refractivity contribution in [2.75, 3.05) is 13.7 Å². The Morgan fingerprint density at radius 3 is 2.25 bits per heavy atom. The molecule has 0 atom stereocenters. The molecule has 2 heteroatoms. The van der Waals surface area contributed by atoms with Crippen molar-refractivity contribution in [2.24, 2.45) is 11.3 Å². The average Bonchev–Trinajstić information content (AvgIpc) is 2.30. The number of rotatable bonds is 5. The molecular formula is C14H29NO. The minimum atomic E-state index is 0.217. The molecule has 0 amide bonds. The van der Waals surface area contributed by atoms with Crippen LogP contribution in [0, 0.1) is 11.3 Å². The summed E-state index contributed by atoms with van der Waals surface area (Å²) in [5, 5.41) is 12.6. The van der Waals surface area contributed by atoms with Gasteiger partial charge in [0, 0.05) is 12.1 Å². The number of nitrogens with one attached hydrogen (secondary N) is 1. The monoisotopic (exact) mass is 227 g/mol. The van der Waals surface area contributed by atoms with Crippen LogP contribution in [0.15, 0.2) is 0 Å². The lowest BCUT2D eigenvalue weighted by molar-refractivity contribution is 0.0869. The van der Waals surface area contributed by atoms with Gasteiger partial charge in [0.15, 0.2) is 0 Å². The van der Waals surface area contributed by atoms with Gasteiger partial charge in [-0.2, -0.15) is 0 Å². The van der Waals surface area contributed by atoms with Crippen molar-refractivity contribution in [1.82, 2.24) is 5.32 Å². The fourth-order valence-electron chi connectivity index (χ4n) is 3.08. The van der Waals surface area contributed by atoms with Crippen LogP contribution in [0.3, 0.4) is 0 Å². The van der Waals surface area contributed by atoms with E-state index in [0.717, 1.165) is 12.3 Å². The van der Waals surface area contributed by atoms with E-state index in [9.17, 15) is 0 Å². The molecule has 96 valence electrons. The molecule has 0 aromatic rings. The summed E-state index contributed by atoms with van der Waals surface area (Å²) in [5.74, 6) is 0.859. The van der Waals surface area contributed by atoms with Crippen molar-refractivity contribution in [3.05, 3.63) is 0 Å². The van der Waals surface area contributed by atoms with Crippen LogP contribution in [-0.4, -0.2) is 24.3 Å². The van der Waals surface area contributed by atoms with Gasteiger partial charge in [-0.25, -0.2) is 0 Å². The third kappa shape index (κ3) is 2.98. The van der Waals surface area contributed by atoms with Crippen molar-refractivity contribution in [2.45, 2.75) is 64.8 Å². The lowest BCUT2D eigenvalue weighted by Gasteiger charge is -2.45. The highest BCUT2D eigenvalue weighted by atomic mass is 16.3. The van der Waals surface area contributed by atoms with E-state index in [1.165, 1.54) is 32.1 Å². The molecule has 1 rings (SSSR count). The first-order valence-corrected chi connectivity index (χ1v) is 6.79. The van der Waals surface area contributed by atoms with Gasteiger partial charge >= 0.3 is 0 Å². The molecule has 0 aromatic heterocycles. The summed E-state index contributed by atoms with van der Waals surface area (Å²) in [5.41, 5.74) is 0.703. The van der Waals surface area contributed by atoms with Crippen molar-refractivity contribution >= 4 is 0 Å². The zero-order valence-electron chi connectivity index (χ0n) is 11.5. The van der Waals surface area contributed by atoms with Gasteiger partial charge in [-0.1, -0.05) is 27.2 Å². The Bertz CT molecular complexity index is 205. The first-order chi connectivity index (χ1) is 7.49. The van der Waals surface area contributed by atoms with Crippen LogP contribution in [0.5, 0.6) is 0 Å². The quantitative estimate of drug-likeness (QED) is 0.757. The first kappa shape index (κ1) is 14.0. The van der Waals surface area contributed by atoms with Gasteiger partial charge in [-0.15, -0.1) is 0 Å². The molecule has 0 heterocycles. The highest BCUT2D eigenvalue weighted by molar-refractivity contribution is 4.94. The predicted octanol–water partition coefficient (Wildman–Crippen LogP) is 2.95. The van der Waals surface area contributed by atoms with E-state index in [-0.39, 0.29) is 5.54 Å². The molecule has 0 aliphatic heterocycles. The Morgan fingerprint density at radius 1 is 1.31 bits per heavy atom. The van der Waals surface area contributed by atoms with Crippen LogP contribution in [0.25, 0.3) is 0 Å². The molecular weight excluding hydrogens is 198 g/mol. The van der Waals surface area contributed by atoms with Crippen molar-refractivity contribution < 1.29 is 5.11 Å². The summed E-state index contributed by atoms with van der Waals surface area (Å²) < 4.78 is 0. The van der Waals surface area contributed by atoms with Crippen LogP contribution in [0.4, 0.5) is 0 Å². The SMILES string of the molecule is CCC(C)(C)C1CCC(CCO)(NC)CC1. The van der Waals surface area contributed by atoms with Crippen molar-refractivity contribution in [1.29, 1.82) is 0 Å². The minimum Gasteiger partial charge on any atom is -0.396 e. The van der Waals surface area contributed by atoms with Crippen LogP contribution in [-0.2, 0) is 0 Å². The lowest BCUT2D eigenvalue weighted by Crippen LogP contribution is -2.48. The maximum atomic E-state index is 9.15. The molecule has 1 saturated carbocycles. The average molecular weight is 227 g/mol. The Balaban J connectivity index is 2.55. The summed E-state index contributed by atoms with van der Waals surface area (Å²) in [4.78, 5) is 0. The summed E-state index contributed by atoms with van der Waals surface area (Å²) in [6.45, 7) is 7.41. The zero-order chi connectivity index (χ0) is 12.2. The van der Waals surface area contributed by atoms with E-state index in [1.54, 1.807) is 0 Å². The van der Waals surface area contributed by atoms with Gasteiger partial charge in [0.05, 0.1) is 0 Å². The van der Waals surface area contributed by atoms with Crippen LogP contribution in [0.1, 0.15) is 59.3 Å². The second kappa shape index (κ2) is 5.50.